The number of hydrogen-bond acceptors (Lipinski definition) is 2. The van der Waals surface area contributed by atoms with Gasteiger partial charge in [0.25, 0.3) is 11.4 Å². The molecule has 5 nitrogen and oxygen atoms in total. The third-order valence-corrected chi connectivity index (χ3v) is 0.211. The molecule has 0 heterocycles. The van der Waals surface area contributed by atoms with Gasteiger partial charge in [-0.05, 0) is 0 Å². The fourth-order valence-electron chi connectivity index (χ4n) is 0. The summed E-state index contributed by atoms with van der Waals surface area (Å²) in [6.07, 6.45) is 0.750. The van der Waals surface area contributed by atoms with Gasteiger partial charge in [0.1, 0.15) is 0 Å². The van der Waals surface area contributed by atoms with Crippen LogP contribution in [0.25, 0.3) is 0 Å². The summed E-state index contributed by atoms with van der Waals surface area (Å²) in [6.45, 7) is 0. The average molecular weight is 179 g/mol. The normalized spacial score (nSPS) is 6.90. The maximum atomic E-state index is 9.43. The van der Waals surface area contributed by atoms with E-state index in [1.807, 2.05) is 0 Å². The van der Waals surface area contributed by atoms with Gasteiger partial charge in [-0.1, -0.05) is 0 Å². The van der Waals surface area contributed by atoms with Gasteiger partial charge in [0.15, 0.2) is 0 Å². The first-order valence-corrected chi connectivity index (χ1v) is 2.98. The summed E-state index contributed by atoms with van der Waals surface area (Å²) >= 11 is -2.61. The Bertz CT molecular complexity index is 94.5. The topological polar surface area (TPSA) is 77.8 Å². The van der Waals surface area contributed by atoms with Crippen LogP contribution >= 0.6 is 0 Å². The quantitative estimate of drug-likeness (QED) is 0.299. The van der Waals surface area contributed by atoms with E-state index in [1.54, 1.807) is 14.1 Å². The molecule has 0 saturated carbocycles. The fraction of sp³-hybridized carbons (Fsp3) is 0.667. The number of carbonyl (C=O) groups is 1. The number of nitrogens with zero attached hydrogens (tertiary/aromatic N) is 1. The molecule has 0 bridgehead atoms. The van der Waals surface area contributed by atoms with Crippen molar-refractivity contribution in [3.8, 4) is 0 Å². The van der Waals surface area contributed by atoms with Gasteiger partial charge in [-0.15, -0.1) is 0 Å². The van der Waals surface area contributed by atoms with E-state index in [9.17, 15) is 4.79 Å². The van der Waals surface area contributed by atoms with E-state index >= 15 is 0 Å². The Balaban J connectivity index is -0.0000000910. The summed E-state index contributed by atoms with van der Waals surface area (Å²) in [4.78, 5) is 10.9. The van der Waals surface area contributed by atoms with E-state index in [1.165, 1.54) is 4.90 Å². The third-order valence-electron chi connectivity index (χ3n) is 0.211. The van der Waals surface area contributed by atoms with E-state index in [0.717, 1.165) is 6.41 Å². The van der Waals surface area contributed by atoms with E-state index in [2.05, 4.69) is 0 Å². The van der Waals surface area contributed by atoms with E-state index in [4.69, 9.17) is 13.3 Å². The Labute approximate surface area is 84.2 Å². The summed E-state index contributed by atoms with van der Waals surface area (Å²) < 4.78 is 22.8. The Morgan fingerprint density at radius 3 is 1.50 bits per heavy atom. The number of amides is 1. The average Bonchev–Trinajstić information content (AvgIpc) is 1.65. The number of carbonyl (C=O) groups excluding carboxylic acids is 1. The summed E-state index contributed by atoms with van der Waals surface area (Å²) in [5.74, 6) is 0. The molecule has 58 valence electrons. The van der Waals surface area contributed by atoms with Gasteiger partial charge in [0, 0.05) is 14.1 Å². The molecule has 0 atom stereocenters. The molecule has 0 aromatic rings. The van der Waals surface area contributed by atoms with Crippen molar-refractivity contribution >= 4 is 47.3 Å². The molecule has 7 heteroatoms. The van der Waals surface area contributed by atoms with Gasteiger partial charge >= 0.3 is 29.6 Å². The van der Waals surface area contributed by atoms with Crippen LogP contribution in [0.3, 0.4) is 0 Å². The van der Waals surface area contributed by atoms with Crippen molar-refractivity contribution in [2.45, 2.75) is 0 Å². The Hall–Kier alpha value is 0.540. The van der Waals surface area contributed by atoms with Crippen molar-refractivity contribution in [2.75, 3.05) is 14.1 Å². The minimum absolute atomic E-state index is 0. The van der Waals surface area contributed by atoms with E-state index in [-0.39, 0.29) is 29.6 Å². The van der Waals surface area contributed by atoms with E-state index in [0.29, 0.717) is 0 Å². The number of rotatable bonds is 1. The van der Waals surface area contributed by atoms with Crippen LogP contribution in [0.4, 0.5) is 0 Å². The predicted molar refractivity (Wildman–Crippen MR) is 40.3 cm³/mol. The summed E-state index contributed by atoms with van der Waals surface area (Å²) in [7, 11) is 3.38. The molecule has 0 aromatic heterocycles. The van der Waals surface area contributed by atoms with Crippen molar-refractivity contribution in [2.24, 2.45) is 0 Å². The van der Waals surface area contributed by atoms with Gasteiger partial charge in [-0.2, -0.15) is 4.21 Å². The zero-order chi connectivity index (χ0) is 7.86. The van der Waals surface area contributed by atoms with Gasteiger partial charge in [-0.25, -0.2) is 0 Å². The SMILES string of the molecule is CN(C)C=O.O=S(O)O.[NaH]. The number of hydrogen-bond donors (Lipinski definition) is 2. The van der Waals surface area contributed by atoms with E-state index < -0.39 is 11.4 Å². The Morgan fingerprint density at radius 1 is 1.40 bits per heavy atom. The molecule has 0 rings (SSSR count). The third kappa shape index (κ3) is 75.3. The first-order chi connectivity index (χ1) is 4.00. The Morgan fingerprint density at radius 2 is 1.50 bits per heavy atom. The fourth-order valence-corrected chi connectivity index (χ4v) is 0. The second kappa shape index (κ2) is 12.2. The summed E-state index contributed by atoms with van der Waals surface area (Å²) in [5, 5.41) is 0. The molecule has 0 aliphatic heterocycles. The first-order valence-electron chi connectivity index (χ1n) is 1.92. The van der Waals surface area contributed by atoms with Crippen LogP contribution in [0.15, 0.2) is 0 Å². The van der Waals surface area contributed by atoms with Crippen LogP contribution in [0.2, 0.25) is 0 Å². The maximum absolute atomic E-state index is 9.43. The molecule has 0 aromatic carbocycles. The molecule has 0 fully saturated rings. The molecule has 0 saturated heterocycles. The van der Waals surface area contributed by atoms with Crippen LogP contribution in [0.5, 0.6) is 0 Å². The van der Waals surface area contributed by atoms with Gasteiger partial charge in [-0.3, -0.25) is 13.9 Å². The molecule has 0 spiro atoms. The molecule has 0 aliphatic rings. The zero-order valence-corrected chi connectivity index (χ0v) is 5.96. The molecule has 0 radical (unpaired) electrons. The molecular weight excluding hydrogens is 169 g/mol. The summed E-state index contributed by atoms with van der Waals surface area (Å²) in [6, 6.07) is 0. The van der Waals surface area contributed by atoms with Crippen LogP contribution in [0.1, 0.15) is 0 Å². The summed E-state index contributed by atoms with van der Waals surface area (Å²) in [5.41, 5.74) is 0. The van der Waals surface area contributed by atoms with Gasteiger partial charge < -0.3 is 4.90 Å². The minimum atomic E-state index is -2.61. The predicted octanol–water partition coefficient (Wildman–Crippen LogP) is -1.26. The van der Waals surface area contributed by atoms with Crippen LogP contribution < -0.4 is 0 Å². The van der Waals surface area contributed by atoms with Crippen molar-refractivity contribution in [3.05, 3.63) is 0 Å². The Kier molecular flexibility index (Phi) is 20.6. The standard InChI is InChI=1S/C3H7NO.Na.H2O3S.H/c1-4(2)3-5;;1-4(2)3;/h3H,1-2H3;;(H2,1,2,3);. The molecular formula is C3H10NNaO4S. The second-order valence-electron chi connectivity index (χ2n) is 1.30. The zero-order valence-electron chi connectivity index (χ0n) is 5.14. The molecule has 0 aliphatic carbocycles. The molecule has 1 amide bonds. The van der Waals surface area contributed by atoms with Crippen molar-refractivity contribution in [1.82, 2.24) is 4.90 Å². The second-order valence-corrected chi connectivity index (χ2v) is 1.76. The van der Waals surface area contributed by atoms with Crippen molar-refractivity contribution < 1.29 is 18.1 Å². The van der Waals surface area contributed by atoms with Crippen LogP contribution in [-0.4, -0.2) is 68.3 Å². The molecule has 10 heavy (non-hydrogen) atoms. The van der Waals surface area contributed by atoms with Crippen LogP contribution in [-0.2, 0) is 16.2 Å². The first kappa shape index (κ1) is 16.9. The van der Waals surface area contributed by atoms with Crippen molar-refractivity contribution in [1.29, 1.82) is 0 Å². The monoisotopic (exact) mass is 179 g/mol. The van der Waals surface area contributed by atoms with Gasteiger partial charge in [0.05, 0.1) is 0 Å². The molecule has 0 unspecified atom stereocenters. The molecule has 2 N–H and O–H groups in total. The van der Waals surface area contributed by atoms with Crippen molar-refractivity contribution in [3.63, 3.8) is 0 Å². The van der Waals surface area contributed by atoms with Crippen LogP contribution in [0, 0.1) is 0 Å². The van der Waals surface area contributed by atoms with Gasteiger partial charge in [0.2, 0.25) is 6.41 Å².